The van der Waals surface area contributed by atoms with Crippen molar-refractivity contribution < 1.29 is 31.1 Å². The molecule has 1 heterocycles. The molecule has 0 aliphatic carbocycles. The summed E-state index contributed by atoms with van der Waals surface area (Å²) in [7, 11) is 0. The van der Waals surface area contributed by atoms with Gasteiger partial charge in [0.25, 0.3) is 0 Å². The van der Waals surface area contributed by atoms with Crippen LogP contribution in [0.5, 0.6) is 0 Å². The number of nitrogens with one attached hydrogen (secondary N) is 1. The minimum Gasteiger partial charge on any atom is -0.309 e. The van der Waals surface area contributed by atoms with Gasteiger partial charge in [-0.1, -0.05) is 38.1 Å². The molecule has 1 fully saturated rings. The van der Waals surface area contributed by atoms with Gasteiger partial charge in [-0.3, -0.25) is 4.79 Å². The third kappa shape index (κ3) is 6.40. The lowest BCUT2D eigenvalue weighted by molar-refractivity contribution is -0.179. The summed E-state index contributed by atoms with van der Waals surface area (Å²) in [4.78, 5) is 12.5. The van der Waals surface area contributed by atoms with E-state index in [0.717, 1.165) is 23.3 Å². The van der Waals surface area contributed by atoms with Crippen LogP contribution in [0.1, 0.15) is 68.7 Å². The predicted molar refractivity (Wildman–Crippen MR) is 119 cm³/mol. The molecule has 1 N–H and O–H groups in total. The molecule has 3 atom stereocenters. The highest BCUT2D eigenvalue weighted by atomic mass is 19.4. The van der Waals surface area contributed by atoms with E-state index in [1.807, 2.05) is 26.0 Å². The van der Waals surface area contributed by atoms with E-state index in [9.17, 15) is 31.1 Å². The second-order valence-electron chi connectivity index (χ2n) is 9.53. The SMILES string of the molecule is CC(=O)C(CC(C)C)c1cc(-c2ccc(C(F)(F)F)cc2)cc(C2CCC(C(F)(F)F)CN2)c1. The first-order valence-electron chi connectivity index (χ1n) is 11.4. The standard InChI is InChI=1S/C26H29F6NO/c1-15(2)10-23(16(3)34)19-11-18(17-4-6-21(7-5-17)25(27,28)29)12-20(13-19)24-9-8-22(14-33-24)26(30,31)32/h4-7,11-13,15,22-24,33H,8-10,14H2,1-3H3. The summed E-state index contributed by atoms with van der Waals surface area (Å²) in [5.74, 6) is -1.61. The molecule has 2 nitrogen and oxygen atoms in total. The molecule has 0 aromatic heterocycles. The van der Waals surface area contributed by atoms with Gasteiger partial charge in [-0.05, 0) is 72.6 Å². The highest BCUT2D eigenvalue weighted by Gasteiger charge is 2.41. The molecule has 3 rings (SSSR count). The van der Waals surface area contributed by atoms with Crippen LogP contribution in [-0.2, 0) is 11.0 Å². The smallest absolute Gasteiger partial charge is 0.309 e. The van der Waals surface area contributed by atoms with Gasteiger partial charge in [-0.15, -0.1) is 0 Å². The predicted octanol–water partition coefficient (Wildman–Crippen LogP) is 7.69. The van der Waals surface area contributed by atoms with E-state index in [1.54, 1.807) is 6.07 Å². The van der Waals surface area contributed by atoms with E-state index in [1.165, 1.54) is 19.1 Å². The first kappa shape index (κ1) is 26.3. The second-order valence-corrected chi connectivity index (χ2v) is 9.53. The normalized spacial score (nSPS) is 20.4. The van der Waals surface area contributed by atoms with Gasteiger partial charge in [0.2, 0.25) is 0 Å². The minimum atomic E-state index is -4.45. The van der Waals surface area contributed by atoms with Crippen molar-refractivity contribution in [3.05, 3.63) is 59.2 Å². The number of alkyl halides is 6. The van der Waals surface area contributed by atoms with E-state index >= 15 is 0 Å². The highest BCUT2D eigenvalue weighted by molar-refractivity contribution is 5.84. The molecule has 0 amide bonds. The molecule has 1 aliphatic rings. The zero-order valence-corrected chi connectivity index (χ0v) is 19.4. The Kier molecular flexibility index (Phi) is 7.80. The Morgan fingerprint density at radius 1 is 0.971 bits per heavy atom. The summed E-state index contributed by atoms with van der Waals surface area (Å²) < 4.78 is 78.3. The number of carbonyl (C=O) groups excluding carboxylic acids is 1. The number of Topliss-reactive ketones (excluding diaryl/α,β-unsaturated/α-hetero) is 1. The molecule has 0 radical (unpaired) electrons. The van der Waals surface area contributed by atoms with Gasteiger partial charge in [0.1, 0.15) is 5.78 Å². The molecule has 34 heavy (non-hydrogen) atoms. The Labute approximate surface area is 195 Å². The largest absolute Gasteiger partial charge is 0.416 e. The van der Waals surface area contributed by atoms with Crippen LogP contribution >= 0.6 is 0 Å². The van der Waals surface area contributed by atoms with Crippen LogP contribution in [0.3, 0.4) is 0 Å². The van der Waals surface area contributed by atoms with E-state index in [0.29, 0.717) is 17.5 Å². The zero-order valence-electron chi connectivity index (χ0n) is 19.4. The lowest BCUT2D eigenvalue weighted by atomic mass is 9.83. The first-order valence-corrected chi connectivity index (χ1v) is 11.4. The third-order valence-corrected chi connectivity index (χ3v) is 6.40. The third-order valence-electron chi connectivity index (χ3n) is 6.40. The number of halogens is 6. The van der Waals surface area contributed by atoms with Crippen molar-refractivity contribution in [3.8, 4) is 11.1 Å². The number of rotatable bonds is 6. The van der Waals surface area contributed by atoms with Crippen LogP contribution < -0.4 is 5.32 Å². The maximum atomic E-state index is 13.1. The molecule has 0 saturated carbocycles. The molecule has 1 aliphatic heterocycles. The van der Waals surface area contributed by atoms with Crippen LogP contribution in [0.15, 0.2) is 42.5 Å². The Hall–Kier alpha value is -2.35. The summed E-state index contributed by atoms with van der Waals surface area (Å²) in [6.45, 7) is 5.30. The summed E-state index contributed by atoms with van der Waals surface area (Å²) in [5.41, 5.74) is 1.89. The highest BCUT2D eigenvalue weighted by Crippen LogP contribution is 2.39. The molecule has 1 saturated heterocycles. The molecule has 2 aromatic rings. The van der Waals surface area contributed by atoms with Gasteiger partial charge < -0.3 is 5.32 Å². The summed E-state index contributed by atoms with van der Waals surface area (Å²) in [6, 6.07) is 9.89. The van der Waals surface area contributed by atoms with Crippen LogP contribution in [0, 0.1) is 11.8 Å². The number of hydrogen-bond acceptors (Lipinski definition) is 2. The number of benzene rings is 2. The molecular formula is C26H29F6NO. The van der Waals surface area contributed by atoms with Gasteiger partial charge >= 0.3 is 12.4 Å². The van der Waals surface area contributed by atoms with Gasteiger partial charge in [0.05, 0.1) is 11.5 Å². The summed E-state index contributed by atoms with van der Waals surface area (Å²) in [5, 5.41) is 2.98. The fourth-order valence-corrected chi connectivity index (χ4v) is 4.53. The lowest BCUT2D eigenvalue weighted by Gasteiger charge is -2.32. The van der Waals surface area contributed by atoms with E-state index in [-0.39, 0.29) is 37.1 Å². The second kappa shape index (κ2) is 10.1. The monoisotopic (exact) mass is 485 g/mol. The maximum Gasteiger partial charge on any atom is 0.416 e. The average molecular weight is 486 g/mol. The van der Waals surface area contributed by atoms with E-state index in [2.05, 4.69) is 5.32 Å². The lowest BCUT2D eigenvalue weighted by Crippen LogP contribution is -2.40. The van der Waals surface area contributed by atoms with Crippen LogP contribution in [-0.4, -0.2) is 18.5 Å². The van der Waals surface area contributed by atoms with Crippen molar-refractivity contribution >= 4 is 5.78 Å². The molecule has 3 unspecified atom stereocenters. The molecule has 2 aromatic carbocycles. The number of carbonyl (C=O) groups is 1. The van der Waals surface area contributed by atoms with Crippen molar-refractivity contribution in [2.24, 2.45) is 11.8 Å². The van der Waals surface area contributed by atoms with Crippen LogP contribution in [0.2, 0.25) is 0 Å². The zero-order chi connectivity index (χ0) is 25.3. The summed E-state index contributed by atoms with van der Waals surface area (Å²) in [6.07, 6.45) is -7.86. The Morgan fingerprint density at radius 2 is 1.62 bits per heavy atom. The van der Waals surface area contributed by atoms with Crippen LogP contribution in [0.4, 0.5) is 26.3 Å². The fraction of sp³-hybridized carbons (Fsp3) is 0.500. The molecule has 0 spiro atoms. The number of ketones is 1. The maximum absolute atomic E-state index is 13.1. The first-order chi connectivity index (χ1) is 15.8. The fourth-order valence-electron chi connectivity index (χ4n) is 4.53. The number of hydrogen-bond donors (Lipinski definition) is 1. The Bertz CT molecular complexity index is 986. The van der Waals surface area contributed by atoms with Crippen molar-refractivity contribution in [2.45, 2.75) is 64.3 Å². The number of piperidine rings is 1. The van der Waals surface area contributed by atoms with Crippen molar-refractivity contribution in [1.82, 2.24) is 5.32 Å². The molecular weight excluding hydrogens is 456 g/mol. The van der Waals surface area contributed by atoms with E-state index < -0.39 is 29.8 Å². The van der Waals surface area contributed by atoms with E-state index in [4.69, 9.17) is 0 Å². The van der Waals surface area contributed by atoms with Gasteiger partial charge in [-0.25, -0.2) is 0 Å². The van der Waals surface area contributed by atoms with Crippen LogP contribution in [0.25, 0.3) is 11.1 Å². The Morgan fingerprint density at radius 3 is 2.09 bits per heavy atom. The van der Waals surface area contributed by atoms with Crippen molar-refractivity contribution in [3.63, 3.8) is 0 Å². The topological polar surface area (TPSA) is 29.1 Å². The Balaban J connectivity index is 2.01. The molecule has 0 bridgehead atoms. The van der Waals surface area contributed by atoms with Gasteiger partial charge in [0, 0.05) is 18.5 Å². The average Bonchev–Trinajstić information content (AvgIpc) is 2.76. The molecule has 186 valence electrons. The van der Waals surface area contributed by atoms with Crippen molar-refractivity contribution in [1.29, 1.82) is 0 Å². The minimum absolute atomic E-state index is 0.0108. The molecule has 8 heteroatoms. The quantitative estimate of drug-likeness (QED) is 0.425. The summed E-state index contributed by atoms with van der Waals surface area (Å²) >= 11 is 0. The van der Waals surface area contributed by atoms with Gasteiger partial charge in [-0.2, -0.15) is 26.3 Å². The van der Waals surface area contributed by atoms with Crippen molar-refractivity contribution in [2.75, 3.05) is 6.54 Å². The van der Waals surface area contributed by atoms with Gasteiger partial charge in [0.15, 0.2) is 0 Å².